The molecule has 0 fully saturated rings. The Morgan fingerprint density at radius 3 is 2.88 bits per heavy atom. The summed E-state index contributed by atoms with van der Waals surface area (Å²) in [7, 11) is 1.46. The first kappa shape index (κ1) is 11.4. The van der Waals surface area contributed by atoms with Gasteiger partial charge in [-0.3, -0.25) is 0 Å². The first-order valence-electron chi connectivity index (χ1n) is 5.19. The van der Waals surface area contributed by atoms with Gasteiger partial charge in [-0.15, -0.1) is 0 Å². The van der Waals surface area contributed by atoms with Crippen molar-refractivity contribution in [3.8, 4) is 5.75 Å². The molecule has 4 nitrogen and oxygen atoms in total. The zero-order chi connectivity index (χ0) is 12.4. The lowest BCUT2D eigenvalue weighted by molar-refractivity contribution is 0.155. The van der Waals surface area contributed by atoms with E-state index in [-0.39, 0.29) is 12.1 Å². The normalized spacial score (nSPS) is 10.5. The van der Waals surface area contributed by atoms with Crippen LogP contribution in [0.25, 0.3) is 10.9 Å². The fourth-order valence-corrected chi connectivity index (χ4v) is 1.67. The van der Waals surface area contributed by atoms with Gasteiger partial charge < -0.3 is 9.47 Å². The lowest BCUT2D eigenvalue weighted by Gasteiger charge is -2.06. The number of fused-ring (bicyclic) bond motifs is 1. The number of ether oxygens (including phenoxy) is 2. The van der Waals surface area contributed by atoms with Crippen LogP contribution in [-0.4, -0.2) is 24.4 Å². The van der Waals surface area contributed by atoms with Crippen molar-refractivity contribution < 1.29 is 18.7 Å². The Morgan fingerprint density at radius 1 is 1.47 bits per heavy atom. The first-order chi connectivity index (χ1) is 8.17. The third-order valence-corrected chi connectivity index (χ3v) is 2.41. The molecule has 1 aromatic carbocycles. The van der Waals surface area contributed by atoms with Gasteiger partial charge in [-0.05, 0) is 19.1 Å². The second kappa shape index (κ2) is 4.45. The number of hydrogen-bond acceptors (Lipinski definition) is 3. The maximum absolute atomic E-state index is 13.8. The Balaban J connectivity index is 2.57. The summed E-state index contributed by atoms with van der Waals surface area (Å²) in [4.78, 5) is 11.6. The highest BCUT2D eigenvalue weighted by atomic mass is 19.1. The summed E-state index contributed by atoms with van der Waals surface area (Å²) in [5, 5.41) is 0.593. The largest absolute Gasteiger partial charge is 0.497 e. The SMILES string of the molecule is CCOC(=O)n1ccc2cc(OC)cc(F)c21. The van der Waals surface area contributed by atoms with Crippen LogP contribution in [0.4, 0.5) is 9.18 Å². The zero-order valence-corrected chi connectivity index (χ0v) is 9.57. The van der Waals surface area contributed by atoms with Gasteiger partial charge in [-0.2, -0.15) is 0 Å². The Morgan fingerprint density at radius 2 is 2.24 bits per heavy atom. The van der Waals surface area contributed by atoms with Crippen molar-refractivity contribution in [1.82, 2.24) is 4.57 Å². The number of benzene rings is 1. The van der Waals surface area contributed by atoms with Crippen molar-refractivity contribution in [3.05, 3.63) is 30.2 Å². The van der Waals surface area contributed by atoms with Gasteiger partial charge in [0.15, 0.2) is 5.82 Å². The van der Waals surface area contributed by atoms with Crippen LogP contribution in [0.3, 0.4) is 0 Å². The Labute approximate surface area is 97.5 Å². The highest BCUT2D eigenvalue weighted by Gasteiger charge is 2.14. The van der Waals surface area contributed by atoms with Crippen LogP contribution in [0.2, 0.25) is 0 Å². The standard InChI is InChI=1S/C12H12FNO3/c1-3-17-12(15)14-5-4-8-6-9(16-2)7-10(13)11(8)14/h4-7H,3H2,1-2H3. The van der Waals surface area contributed by atoms with Crippen molar-refractivity contribution in [2.75, 3.05) is 13.7 Å². The van der Waals surface area contributed by atoms with Crippen molar-refractivity contribution in [1.29, 1.82) is 0 Å². The van der Waals surface area contributed by atoms with Crippen LogP contribution >= 0.6 is 0 Å². The molecule has 0 bridgehead atoms. The van der Waals surface area contributed by atoms with E-state index in [4.69, 9.17) is 9.47 Å². The monoisotopic (exact) mass is 237 g/mol. The predicted octanol–water partition coefficient (Wildman–Crippen LogP) is 2.79. The van der Waals surface area contributed by atoms with E-state index in [9.17, 15) is 9.18 Å². The van der Waals surface area contributed by atoms with E-state index < -0.39 is 11.9 Å². The van der Waals surface area contributed by atoms with Gasteiger partial charge in [0.2, 0.25) is 0 Å². The number of rotatable bonds is 2. The molecule has 17 heavy (non-hydrogen) atoms. The number of halogens is 1. The van der Waals surface area contributed by atoms with Crippen LogP contribution in [0.15, 0.2) is 24.4 Å². The molecule has 0 aliphatic rings. The minimum absolute atomic E-state index is 0.198. The molecule has 2 rings (SSSR count). The lowest BCUT2D eigenvalue weighted by atomic mass is 10.2. The summed E-state index contributed by atoms with van der Waals surface area (Å²) in [6.45, 7) is 1.94. The molecule has 0 saturated carbocycles. The molecule has 0 saturated heterocycles. The quantitative estimate of drug-likeness (QED) is 0.806. The van der Waals surface area contributed by atoms with E-state index in [1.54, 1.807) is 19.1 Å². The van der Waals surface area contributed by atoms with Crippen LogP contribution in [0.5, 0.6) is 5.75 Å². The van der Waals surface area contributed by atoms with Crippen LogP contribution in [-0.2, 0) is 4.74 Å². The second-order valence-corrected chi connectivity index (χ2v) is 3.43. The average Bonchev–Trinajstić information content (AvgIpc) is 2.73. The third-order valence-electron chi connectivity index (χ3n) is 2.41. The summed E-state index contributed by atoms with van der Waals surface area (Å²) >= 11 is 0. The molecule has 1 aromatic heterocycles. The maximum Gasteiger partial charge on any atom is 0.418 e. The van der Waals surface area contributed by atoms with Gasteiger partial charge in [0, 0.05) is 17.6 Å². The molecule has 0 unspecified atom stereocenters. The Hall–Kier alpha value is -2.04. The summed E-state index contributed by atoms with van der Waals surface area (Å²) in [6, 6.07) is 4.53. The van der Waals surface area contributed by atoms with Crippen molar-refractivity contribution >= 4 is 17.0 Å². The highest BCUT2D eigenvalue weighted by molar-refractivity contribution is 5.90. The topological polar surface area (TPSA) is 40.5 Å². The summed E-state index contributed by atoms with van der Waals surface area (Å²) in [5.41, 5.74) is 0.198. The molecule has 0 atom stereocenters. The maximum atomic E-state index is 13.8. The fraction of sp³-hybridized carbons (Fsp3) is 0.250. The summed E-state index contributed by atoms with van der Waals surface area (Å²) < 4.78 is 24.8. The minimum Gasteiger partial charge on any atom is -0.497 e. The minimum atomic E-state index is -0.591. The van der Waals surface area contributed by atoms with Gasteiger partial charge in [-0.25, -0.2) is 13.8 Å². The summed E-state index contributed by atoms with van der Waals surface area (Å²) in [6.07, 6.45) is 0.886. The van der Waals surface area contributed by atoms with Crippen molar-refractivity contribution in [2.24, 2.45) is 0 Å². The number of carbonyl (C=O) groups is 1. The predicted molar refractivity (Wildman–Crippen MR) is 60.9 cm³/mol. The van der Waals surface area contributed by atoms with E-state index in [2.05, 4.69) is 0 Å². The zero-order valence-electron chi connectivity index (χ0n) is 9.57. The third kappa shape index (κ3) is 1.95. The lowest BCUT2D eigenvalue weighted by Crippen LogP contribution is -2.12. The van der Waals surface area contributed by atoms with E-state index in [0.717, 1.165) is 4.57 Å². The molecule has 1 heterocycles. The molecular weight excluding hydrogens is 225 g/mol. The molecule has 90 valence electrons. The number of methoxy groups -OCH3 is 1. The van der Waals surface area contributed by atoms with Crippen LogP contribution in [0.1, 0.15) is 6.92 Å². The molecular formula is C12H12FNO3. The Bertz CT molecular complexity index is 562. The first-order valence-corrected chi connectivity index (χ1v) is 5.19. The fourth-order valence-electron chi connectivity index (χ4n) is 1.67. The van der Waals surface area contributed by atoms with Gasteiger partial charge in [-0.1, -0.05) is 0 Å². The summed E-state index contributed by atoms with van der Waals surface area (Å²) in [5.74, 6) is -0.103. The highest BCUT2D eigenvalue weighted by Crippen LogP contribution is 2.25. The molecule has 2 aromatic rings. The van der Waals surface area contributed by atoms with Crippen LogP contribution < -0.4 is 4.74 Å². The van der Waals surface area contributed by atoms with E-state index in [1.807, 2.05) is 0 Å². The number of hydrogen-bond donors (Lipinski definition) is 0. The average molecular weight is 237 g/mol. The number of nitrogens with zero attached hydrogens (tertiary/aromatic N) is 1. The molecule has 0 spiro atoms. The van der Waals surface area contributed by atoms with Gasteiger partial charge in [0.1, 0.15) is 5.75 Å². The van der Waals surface area contributed by atoms with Gasteiger partial charge in [0.05, 0.1) is 19.2 Å². The Kier molecular flexibility index (Phi) is 2.99. The number of aromatic nitrogens is 1. The van der Waals surface area contributed by atoms with Crippen molar-refractivity contribution in [3.63, 3.8) is 0 Å². The van der Waals surface area contributed by atoms with E-state index >= 15 is 0 Å². The van der Waals surface area contributed by atoms with E-state index in [1.165, 1.54) is 19.4 Å². The molecule has 0 aliphatic carbocycles. The van der Waals surface area contributed by atoms with E-state index in [0.29, 0.717) is 11.1 Å². The molecule has 0 aliphatic heterocycles. The molecule has 0 amide bonds. The molecule has 5 heteroatoms. The smallest absolute Gasteiger partial charge is 0.418 e. The number of carbonyl (C=O) groups excluding carboxylic acids is 1. The van der Waals surface area contributed by atoms with Crippen LogP contribution in [0, 0.1) is 5.82 Å². The van der Waals surface area contributed by atoms with Gasteiger partial charge >= 0.3 is 6.09 Å². The van der Waals surface area contributed by atoms with Crippen molar-refractivity contribution in [2.45, 2.75) is 6.92 Å². The van der Waals surface area contributed by atoms with Gasteiger partial charge in [0.25, 0.3) is 0 Å². The molecule has 0 radical (unpaired) electrons. The molecule has 0 N–H and O–H groups in total. The second-order valence-electron chi connectivity index (χ2n) is 3.43.